The summed E-state index contributed by atoms with van der Waals surface area (Å²) in [6.07, 6.45) is 0.267. The largest absolute Gasteiger partial charge is 0.481 e. The molecule has 0 saturated carbocycles. The van der Waals surface area contributed by atoms with E-state index in [1.54, 1.807) is 0 Å². The molecule has 27 heavy (non-hydrogen) atoms. The van der Waals surface area contributed by atoms with Crippen molar-refractivity contribution in [2.24, 2.45) is 5.92 Å². The molecule has 2 aromatic rings. The van der Waals surface area contributed by atoms with Crippen LogP contribution in [-0.2, 0) is 26.0 Å². The first kappa shape index (κ1) is 20.9. The van der Waals surface area contributed by atoms with Crippen LogP contribution in [0.4, 0.5) is 0 Å². The first-order valence-corrected chi connectivity index (χ1v) is 10.2. The monoisotopic (exact) mass is 392 g/mol. The SMILES string of the molecule is CCS(=O)(=O)N(C)CC(=O)NCC(Cc1ccc2ccccc2c1)C(=O)O. The Balaban J connectivity index is 1.98. The zero-order valence-corrected chi connectivity index (χ0v) is 16.2. The molecule has 0 aliphatic rings. The van der Waals surface area contributed by atoms with E-state index in [0.29, 0.717) is 0 Å². The molecule has 2 N–H and O–H groups in total. The molecule has 2 rings (SSSR count). The Bertz CT molecular complexity index is 927. The van der Waals surface area contributed by atoms with Crippen LogP contribution in [0.25, 0.3) is 10.8 Å². The van der Waals surface area contributed by atoms with Gasteiger partial charge in [0.25, 0.3) is 0 Å². The first-order valence-electron chi connectivity index (χ1n) is 8.64. The summed E-state index contributed by atoms with van der Waals surface area (Å²) in [7, 11) is -2.14. The highest BCUT2D eigenvalue weighted by Gasteiger charge is 2.22. The third-order valence-corrected chi connectivity index (χ3v) is 6.21. The number of nitrogens with zero attached hydrogens (tertiary/aromatic N) is 1. The molecule has 1 amide bonds. The van der Waals surface area contributed by atoms with Crippen LogP contribution >= 0.6 is 0 Å². The molecule has 0 fully saturated rings. The summed E-state index contributed by atoms with van der Waals surface area (Å²) >= 11 is 0. The van der Waals surface area contributed by atoms with Crippen LogP contribution in [0.2, 0.25) is 0 Å². The zero-order valence-electron chi connectivity index (χ0n) is 15.4. The van der Waals surface area contributed by atoms with Gasteiger partial charge in [-0.2, -0.15) is 4.31 Å². The Labute approximate surface area is 159 Å². The molecule has 7 nitrogen and oxygen atoms in total. The van der Waals surface area contributed by atoms with E-state index in [4.69, 9.17) is 0 Å². The van der Waals surface area contributed by atoms with Crippen LogP contribution in [0.5, 0.6) is 0 Å². The van der Waals surface area contributed by atoms with Crippen molar-refractivity contribution in [2.45, 2.75) is 13.3 Å². The maximum Gasteiger partial charge on any atom is 0.308 e. The van der Waals surface area contributed by atoms with E-state index in [9.17, 15) is 23.1 Å². The Morgan fingerprint density at radius 3 is 2.44 bits per heavy atom. The van der Waals surface area contributed by atoms with Gasteiger partial charge in [-0.05, 0) is 29.7 Å². The van der Waals surface area contributed by atoms with Crippen LogP contribution < -0.4 is 5.32 Å². The Morgan fingerprint density at radius 1 is 1.15 bits per heavy atom. The van der Waals surface area contributed by atoms with E-state index in [1.165, 1.54) is 14.0 Å². The van der Waals surface area contributed by atoms with Crippen molar-refractivity contribution in [2.75, 3.05) is 25.9 Å². The summed E-state index contributed by atoms with van der Waals surface area (Å²) in [5, 5.41) is 14.1. The van der Waals surface area contributed by atoms with Crippen LogP contribution in [-0.4, -0.2) is 55.6 Å². The van der Waals surface area contributed by atoms with E-state index >= 15 is 0 Å². The average molecular weight is 392 g/mol. The van der Waals surface area contributed by atoms with Gasteiger partial charge in [0.15, 0.2) is 0 Å². The predicted molar refractivity (Wildman–Crippen MR) is 104 cm³/mol. The fraction of sp³-hybridized carbons (Fsp3) is 0.368. The van der Waals surface area contributed by atoms with Crippen LogP contribution in [0, 0.1) is 5.92 Å². The molecule has 0 radical (unpaired) electrons. The second kappa shape index (κ2) is 8.96. The summed E-state index contributed by atoms with van der Waals surface area (Å²) in [5.74, 6) is -2.45. The average Bonchev–Trinajstić information content (AvgIpc) is 2.64. The summed E-state index contributed by atoms with van der Waals surface area (Å²) in [6, 6.07) is 13.5. The van der Waals surface area contributed by atoms with Crippen molar-refractivity contribution in [3.05, 3.63) is 48.0 Å². The molecule has 8 heteroatoms. The van der Waals surface area contributed by atoms with Gasteiger partial charge in [-0.15, -0.1) is 0 Å². The lowest BCUT2D eigenvalue weighted by Crippen LogP contribution is -2.41. The molecule has 0 spiro atoms. The van der Waals surface area contributed by atoms with E-state index in [0.717, 1.165) is 20.6 Å². The number of likely N-dealkylation sites (N-methyl/N-ethyl adjacent to an activating group) is 1. The molecule has 0 bridgehead atoms. The van der Waals surface area contributed by atoms with Crippen molar-refractivity contribution < 1.29 is 23.1 Å². The quantitative estimate of drug-likeness (QED) is 0.673. The standard InChI is InChI=1S/C19H24N2O5S/c1-3-27(25,26)21(2)13-18(22)20-12-17(19(23)24)11-14-8-9-15-6-4-5-7-16(15)10-14/h4-10,17H,3,11-13H2,1-2H3,(H,20,22)(H,23,24). The topological polar surface area (TPSA) is 104 Å². The smallest absolute Gasteiger partial charge is 0.308 e. The number of hydrogen-bond acceptors (Lipinski definition) is 4. The zero-order chi connectivity index (χ0) is 20.0. The van der Waals surface area contributed by atoms with Crippen molar-refractivity contribution in [1.29, 1.82) is 0 Å². The minimum atomic E-state index is -3.46. The minimum absolute atomic E-state index is 0.0684. The summed E-state index contributed by atoms with van der Waals surface area (Å²) in [4.78, 5) is 23.5. The van der Waals surface area contributed by atoms with E-state index in [1.807, 2.05) is 42.5 Å². The molecule has 1 atom stereocenters. The van der Waals surface area contributed by atoms with E-state index in [-0.39, 0.29) is 25.3 Å². The number of carbonyl (C=O) groups is 2. The van der Waals surface area contributed by atoms with Gasteiger partial charge in [-0.1, -0.05) is 42.5 Å². The highest BCUT2D eigenvalue weighted by Crippen LogP contribution is 2.18. The van der Waals surface area contributed by atoms with Crippen LogP contribution in [0.3, 0.4) is 0 Å². The second-order valence-corrected chi connectivity index (χ2v) is 8.75. The van der Waals surface area contributed by atoms with Gasteiger partial charge in [0.1, 0.15) is 0 Å². The van der Waals surface area contributed by atoms with Crippen LogP contribution in [0.15, 0.2) is 42.5 Å². The Kier molecular flexibility index (Phi) is 6.92. The number of sulfonamides is 1. The highest BCUT2D eigenvalue weighted by atomic mass is 32.2. The number of fused-ring (bicyclic) bond motifs is 1. The molecular weight excluding hydrogens is 368 g/mol. The number of amides is 1. The van der Waals surface area contributed by atoms with Crippen LogP contribution in [0.1, 0.15) is 12.5 Å². The molecule has 0 aliphatic carbocycles. The summed E-state index contributed by atoms with van der Waals surface area (Å²) < 4.78 is 24.3. The fourth-order valence-electron chi connectivity index (χ4n) is 2.71. The number of carboxylic acid groups (broad SMARTS) is 1. The van der Waals surface area contributed by atoms with Gasteiger partial charge in [0.05, 0.1) is 18.2 Å². The lowest BCUT2D eigenvalue weighted by molar-refractivity contribution is -0.141. The maximum atomic E-state index is 12.0. The third-order valence-electron chi connectivity index (χ3n) is 4.40. The van der Waals surface area contributed by atoms with Crippen molar-refractivity contribution in [3.8, 4) is 0 Å². The Morgan fingerprint density at radius 2 is 1.81 bits per heavy atom. The number of hydrogen-bond donors (Lipinski definition) is 2. The Hall–Kier alpha value is -2.45. The summed E-state index contributed by atoms with van der Waals surface area (Å²) in [6.45, 7) is 1.09. The van der Waals surface area contributed by atoms with Crippen molar-refractivity contribution in [1.82, 2.24) is 9.62 Å². The number of carboxylic acids is 1. The molecule has 1 unspecified atom stereocenters. The third kappa shape index (κ3) is 5.77. The van der Waals surface area contributed by atoms with E-state index < -0.39 is 27.8 Å². The van der Waals surface area contributed by atoms with Crippen molar-refractivity contribution in [3.63, 3.8) is 0 Å². The number of rotatable bonds is 9. The molecular formula is C19H24N2O5S. The molecule has 0 aromatic heterocycles. The molecule has 0 heterocycles. The normalized spacial score (nSPS) is 12.9. The van der Waals surface area contributed by atoms with Crippen molar-refractivity contribution >= 4 is 32.7 Å². The lowest BCUT2D eigenvalue weighted by Gasteiger charge is -2.17. The fourth-order valence-corrected chi connectivity index (χ4v) is 3.47. The van der Waals surface area contributed by atoms with Gasteiger partial charge in [-0.3, -0.25) is 9.59 Å². The highest BCUT2D eigenvalue weighted by molar-refractivity contribution is 7.89. The van der Waals surface area contributed by atoms with Gasteiger partial charge >= 0.3 is 5.97 Å². The predicted octanol–water partition coefficient (Wildman–Crippen LogP) is 1.48. The van der Waals surface area contributed by atoms with Gasteiger partial charge in [0.2, 0.25) is 15.9 Å². The minimum Gasteiger partial charge on any atom is -0.481 e. The number of nitrogens with one attached hydrogen (secondary N) is 1. The maximum absolute atomic E-state index is 12.0. The lowest BCUT2D eigenvalue weighted by atomic mass is 9.97. The first-order chi connectivity index (χ1) is 12.7. The molecule has 0 aliphatic heterocycles. The second-order valence-electron chi connectivity index (χ2n) is 6.38. The number of carbonyl (C=O) groups excluding carboxylic acids is 1. The molecule has 146 valence electrons. The molecule has 2 aromatic carbocycles. The van der Waals surface area contributed by atoms with Gasteiger partial charge < -0.3 is 10.4 Å². The number of benzene rings is 2. The number of aliphatic carboxylic acids is 1. The van der Waals surface area contributed by atoms with Gasteiger partial charge in [0, 0.05) is 13.6 Å². The molecule has 0 saturated heterocycles. The van der Waals surface area contributed by atoms with E-state index in [2.05, 4.69) is 5.32 Å². The summed E-state index contributed by atoms with van der Waals surface area (Å²) in [5.41, 5.74) is 0.862. The van der Waals surface area contributed by atoms with Gasteiger partial charge in [-0.25, -0.2) is 8.42 Å².